The van der Waals surface area contributed by atoms with E-state index in [4.69, 9.17) is 11.6 Å². The highest BCUT2D eigenvalue weighted by atomic mass is 35.5. The Morgan fingerprint density at radius 2 is 2.14 bits per heavy atom. The Kier molecular flexibility index (Phi) is 4.70. The van der Waals surface area contributed by atoms with Crippen LogP contribution in [0.25, 0.3) is 0 Å². The van der Waals surface area contributed by atoms with E-state index in [-0.39, 0.29) is 16.9 Å². The summed E-state index contributed by atoms with van der Waals surface area (Å²) in [5.74, 6) is -1.21. The van der Waals surface area contributed by atoms with Crippen LogP contribution in [0.3, 0.4) is 0 Å². The molecule has 7 heteroatoms. The number of nitrogens with one attached hydrogen (secondary N) is 1. The number of halogens is 2. The molecule has 0 saturated heterocycles. The van der Waals surface area contributed by atoms with Crippen molar-refractivity contribution in [3.8, 4) is 0 Å². The first-order chi connectivity index (χ1) is 10.0. The van der Waals surface area contributed by atoms with Gasteiger partial charge in [-0.15, -0.1) is 0 Å². The van der Waals surface area contributed by atoms with Gasteiger partial charge in [-0.3, -0.25) is 9.59 Å². The topological polar surface area (TPSA) is 64.0 Å². The number of aryl methyl sites for hydroxylation is 1. The molecule has 0 spiro atoms. The number of nitrogens with zero attached hydrogens (tertiary/aromatic N) is 2. The van der Waals surface area contributed by atoms with E-state index in [2.05, 4.69) is 10.4 Å². The van der Waals surface area contributed by atoms with Gasteiger partial charge in [-0.25, -0.2) is 9.07 Å². The molecule has 110 valence electrons. The van der Waals surface area contributed by atoms with Crippen LogP contribution in [0.5, 0.6) is 0 Å². The van der Waals surface area contributed by atoms with Crippen LogP contribution in [0.15, 0.2) is 35.1 Å². The number of aromatic nitrogens is 2. The van der Waals surface area contributed by atoms with Gasteiger partial charge in [0.25, 0.3) is 11.5 Å². The van der Waals surface area contributed by atoms with Gasteiger partial charge in [0.1, 0.15) is 11.5 Å². The summed E-state index contributed by atoms with van der Waals surface area (Å²) >= 11 is 5.75. The van der Waals surface area contributed by atoms with Gasteiger partial charge in [0.2, 0.25) is 0 Å². The largest absolute Gasteiger partial charge is 0.318 e. The van der Waals surface area contributed by atoms with Crippen molar-refractivity contribution in [2.75, 3.05) is 5.32 Å². The van der Waals surface area contributed by atoms with Crippen molar-refractivity contribution in [1.29, 1.82) is 0 Å². The monoisotopic (exact) mass is 309 g/mol. The molecule has 0 radical (unpaired) electrons. The zero-order valence-electron chi connectivity index (χ0n) is 11.3. The maximum Gasteiger partial charge on any atom is 0.276 e. The molecule has 0 saturated carbocycles. The van der Waals surface area contributed by atoms with E-state index in [1.807, 2.05) is 6.92 Å². The van der Waals surface area contributed by atoms with E-state index in [1.165, 1.54) is 28.9 Å². The molecule has 0 aliphatic rings. The lowest BCUT2D eigenvalue weighted by molar-refractivity contribution is 0.101. The standard InChI is InChI=1S/C14H13ClFN3O2/c1-2-7-19-13(20)6-5-11(18-19)14(21)17-12-8-9(15)3-4-10(12)16/h3-6,8H,2,7H2,1H3,(H,17,21). The van der Waals surface area contributed by atoms with E-state index in [1.54, 1.807) is 0 Å². The molecule has 2 rings (SSSR count). The number of hydrogen-bond donors (Lipinski definition) is 1. The van der Waals surface area contributed by atoms with Gasteiger partial charge in [-0.05, 0) is 30.7 Å². The van der Waals surface area contributed by atoms with Crippen molar-refractivity contribution in [2.45, 2.75) is 19.9 Å². The highest BCUT2D eigenvalue weighted by Crippen LogP contribution is 2.19. The number of carbonyl (C=O) groups is 1. The molecule has 2 aromatic rings. The predicted molar refractivity (Wildman–Crippen MR) is 78.2 cm³/mol. The van der Waals surface area contributed by atoms with Crippen molar-refractivity contribution in [3.63, 3.8) is 0 Å². The van der Waals surface area contributed by atoms with Gasteiger partial charge in [0.15, 0.2) is 0 Å². The number of carbonyl (C=O) groups excluding carboxylic acids is 1. The number of amides is 1. The number of anilines is 1. The SMILES string of the molecule is CCCn1nc(C(=O)Nc2cc(Cl)ccc2F)ccc1=O. The van der Waals surface area contributed by atoms with E-state index < -0.39 is 11.7 Å². The first-order valence-corrected chi connectivity index (χ1v) is 6.73. The lowest BCUT2D eigenvalue weighted by Gasteiger charge is -2.08. The molecule has 0 aliphatic carbocycles. The lowest BCUT2D eigenvalue weighted by Crippen LogP contribution is -2.26. The van der Waals surface area contributed by atoms with Crippen LogP contribution in [0.1, 0.15) is 23.8 Å². The number of rotatable bonds is 4. The highest BCUT2D eigenvalue weighted by molar-refractivity contribution is 6.31. The van der Waals surface area contributed by atoms with Crippen LogP contribution in [0, 0.1) is 5.82 Å². The van der Waals surface area contributed by atoms with Gasteiger partial charge >= 0.3 is 0 Å². The average molecular weight is 310 g/mol. The smallest absolute Gasteiger partial charge is 0.276 e. The third-order valence-electron chi connectivity index (χ3n) is 2.71. The van der Waals surface area contributed by atoms with Crippen LogP contribution in [-0.2, 0) is 6.54 Å². The Labute approximate surface area is 125 Å². The molecule has 0 unspecified atom stereocenters. The molecule has 1 aromatic carbocycles. The minimum atomic E-state index is -0.610. The Balaban J connectivity index is 2.26. The van der Waals surface area contributed by atoms with Gasteiger partial charge < -0.3 is 5.32 Å². The first kappa shape index (κ1) is 15.2. The molecule has 0 bridgehead atoms. The maximum atomic E-state index is 13.6. The molecular weight excluding hydrogens is 297 g/mol. The van der Waals surface area contributed by atoms with Gasteiger partial charge in [0.05, 0.1) is 5.69 Å². The lowest BCUT2D eigenvalue weighted by atomic mass is 10.3. The van der Waals surface area contributed by atoms with Gasteiger partial charge in [0, 0.05) is 17.6 Å². The Morgan fingerprint density at radius 1 is 1.38 bits per heavy atom. The Morgan fingerprint density at radius 3 is 2.86 bits per heavy atom. The third-order valence-corrected chi connectivity index (χ3v) is 2.95. The summed E-state index contributed by atoms with van der Waals surface area (Å²) in [4.78, 5) is 23.6. The fourth-order valence-corrected chi connectivity index (χ4v) is 1.89. The molecule has 1 N–H and O–H groups in total. The summed E-state index contributed by atoms with van der Waals surface area (Å²) in [5.41, 5.74) is -0.299. The van der Waals surface area contributed by atoms with Crippen LogP contribution in [0.2, 0.25) is 5.02 Å². The van der Waals surface area contributed by atoms with Crippen LogP contribution in [0.4, 0.5) is 10.1 Å². The normalized spacial score (nSPS) is 10.4. The summed E-state index contributed by atoms with van der Waals surface area (Å²) in [6.07, 6.45) is 0.709. The maximum absolute atomic E-state index is 13.6. The van der Waals surface area contributed by atoms with E-state index >= 15 is 0 Å². The van der Waals surface area contributed by atoms with Gasteiger partial charge in [-0.1, -0.05) is 18.5 Å². The van der Waals surface area contributed by atoms with Crippen molar-refractivity contribution >= 4 is 23.2 Å². The third kappa shape index (κ3) is 3.66. The molecular formula is C14H13ClFN3O2. The molecule has 0 aliphatic heterocycles. The summed E-state index contributed by atoms with van der Waals surface area (Å²) in [5, 5.41) is 6.63. The molecule has 21 heavy (non-hydrogen) atoms. The van der Waals surface area contributed by atoms with Crippen molar-refractivity contribution < 1.29 is 9.18 Å². The molecule has 0 fully saturated rings. The minimum Gasteiger partial charge on any atom is -0.318 e. The summed E-state index contributed by atoms with van der Waals surface area (Å²) in [6, 6.07) is 6.39. The summed E-state index contributed by atoms with van der Waals surface area (Å²) in [6.45, 7) is 2.30. The second-order valence-electron chi connectivity index (χ2n) is 4.36. The van der Waals surface area contributed by atoms with Crippen molar-refractivity contribution in [2.24, 2.45) is 0 Å². The van der Waals surface area contributed by atoms with E-state index in [9.17, 15) is 14.0 Å². The van der Waals surface area contributed by atoms with Crippen molar-refractivity contribution in [3.05, 3.63) is 57.2 Å². The van der Waals surface area contributed by atoms with Crippen LogP contribution in [-0.4, -0.2) is 15.7 Å². The van der Waals surface area contributed by atoms with Crippen LogP contribution < -0.4 is 10.9 Å². The van der Waals surface area contributed by atoms with E-state index in [0.717, 1.165) is 6.07 Å². The number of benzene rings is 1. The molecule has 0 atom stereocenters. The quantitative estimate of drug-likeness (QED) is 0.944. The molecule has 1 heterocycles. The van der Waals surface area contributed by atoms with Crippen molar-refractivity contribution in [1.82, 2.24) is 9.78 Å². The van der Waals surface area contributed by atoms with Crippen LogP contribution >= 0.6 is 11.6 Å². The first-order valence-electron chi connectivity index (χ1n) is 6.36. The second-order valence-corrected chi connectivity index (χ2v) is 4.79. The highest BCUT2D eigenvalue weighted by Gasteiger charge is 2.12. The summed E-state index contributed by atoms with van der Waals surface area (Å²) < 4.78 is 14.8. The molecule has 5 nitrogen and oxygen atoms in total. The molecule has 1 aromatic heterocycles. The zero-order valence-corrected chi connectivity index (χ0v) is 12.0. The number of hydrogen-bond acceptors (Lipinski definition) is 3. The fourth-order valence-electron chi connectivity index (χ4n) is 1.72. The predicted octanol–water partition coefficient (Wildman–Crippen LogP) is 2.70. The second kappa shape index (κ2) is 6.49. The zero-order chi connectivity index (χ0) is 15.4. The Bertz CT molecular complexity index is 730. The Hall–Kier alpha value is -2.21. The average Bonchev–Trinajstić information content (AvgIpc) is 2.45. The molecule has 1 amide bonds. The van der Waals surface area contributed by atoms with E-state index in [0.29, 0.717) is 18.0 Å². The van der Waals surface area contributed by atoms with Gasteiger partial charge in [-0.2, -0.15) is 5.10 Å². The minimum absolute atomic E-state index is 0.0300. The summed E-state index contributed by atoms with van der Waals surface area (Å²) in [7, 11) is 0. The fraction of sp³-hybridized carbons (Fsp3) is 0.214.